The van der Waals surface area contributed by atoms with Crippen LogP contribution in [0.1, 0.15) is 22.3 Å². The van der Waals surface area contributed by atoms with E-state index in [2.05, 4.69) is 5.32 Å². The van der Waals surface area contributed by atoms with Crippen LogP contribution in [0.5, 0.6) is 0 Å². The smallest absolute Gasteiger partial charge is 0.274 e. The minimum Gasteiger partial charge on any atom is -0.337 e. The molecule has 2 aromatic rings. The average molecular weight is 431 g/mol. The summed E-state index contributed by atoms with van der Waals surface area (Å²) in [5, 5.41) is 14.3. The van der Waals surface area contributed by atoms with Gasteiger partial charge in [0.1, 0.15) is 0 Å². The number of anilines is 1. The molecule has 1 N–H and O–H groups in total. The van der Waals surface area contributed by atoms with Crippen LogP contribution in [0.3, 0.4) is 0 Å². The quantitative estimate of drug-likeness (QED) is 0.579. The van der Waals surface area contributed by atoms with Gasteiger partial charge in [-0.15, -0.1) is 0 Å². The minimum atomic E-state index is -0.467. The monoisotopic (exact) mass is 430 g/mol. The molecule has 0 spiro atoms. The van der Waals surface area contributed by atoms with Crippen molar-refractivity contribution in [2.75, 3.05) is 38.0 Å². The van der Waals surface area contributed by atoms with Crippen LogP contribution in [-0.4, -0.2) is 59.3 Å². The molecule has 158 valence electrons. The number of nitro benzene ring substituents is 1. The number of amides is 2. The van der Waals surface area contributed by atoms with Crippen molar-refractivity contribution < 1.29 is 14.5 Å². The molecule has 1 fully saturated rings. The summed E-state index contributed by atoms with van der Waals surface area (Å²) in [6, 6.07) is 11.5. The number of halogens is 1. The number of nitrogens with one attached hydrogen (secondary N) is 1. The molecule has 0 saturated carbocycles. The van der Waals surface area contributed by atoms with Crippen LogP contribution < -0.4 is 5.32 Å². The Hall–Kier alpha value is -2.97. The van der Waals surface area contributed by atoms with Gasteiger partial charge in [0.2, 0.25) is 5.91 Å². The number of hydrogen-bond donors (Lipinski definition) is 1. The maximum atomic E-state index is 12.7. The van der Waals surface area contributed by atoms with E-state index in [0.717, 1.165) is 6.42 Å². The molecule has 9 heteroatoms. The normalized spacial score (nSPS) is 14.8. The summed E-state index contributed by atoms with van der Waals surface area (Å²) in [5.41, 5.74) is 1.37. The summed E-state index contributed by atoms with van der Waals surface area (Å²) in [4.78, 5) is 39.5. The van der Waals surface area contributed by atoms with Crippen molar-refractivity contribution >= 4 is 34.8 Å². The highest BCUT2D eigenvalue weighted by Crippen LogP contribution is 2.25. The molecule has 0 radical (unpaired) electrons. The van der Waals surface area contributed by atoms with E-state index in [-0.39, 0.29) is 24.0 Å². The molecule has 3 rings (SSSR count). The molecule has 2 amide bonds. The van der Waals surface area contributed by atoms with E-state index in [1.807, 2.05) is 4.90 Å². The fourth-order valence-electron chi connectivity index (χ4n) is 3.49. The number of benzene rings is 2. The lowest BCUT2D eigenvalue weighted by molar-refractivity contribution is -0.385. The maximum Gasteiger partial charge on any atom is 0.274 e. The van der Waals surface area contributed by atoms with Gasteiger partial charge in [0, 0.05) is 42.8 Å². The molecule has 0 atom stereocenters. The van der Waals surface area contributed by atoms with Gasteiger partial charge < -0.3 is 10.2 Å². The Bertz CT molecular complexity index is 966. The number of nitrogens with zero attached hydrogens (tertiary/aromatic N) is 3. The maximum absolute atomic E-state index is 12.7. The second-order valence-electron chi connectivity index (χ2n) is 7.19. The molecule has 1 aliphatic heterocycles. The zero-order valence-electron chi connectivity index (χ0n) is 16.6. The molecular weight excluding hydrogens is 408 g/mol. The van der Waals surface area contributed by atoms with Crippen molar-refractivity contribution in [3.05, 3.63) is 68.7 Å². The van der Waals surface area contributed by atoms with Gasteiger partial charge in [-0.1, -0.05) is 23.7 Å². The zero-order chi connectivity index (χ0) is 21.7. The number of nitro groups is 1. The van der Waals surface area contributed by atoms with Crippen LogP contribution in [-0.2, 0) is 4.79 Å². The third kappa shape index (κ3) is 5.34. The number of carbonyl (C=O) groups excluding carboxylic acids is 2. The highest BCUT2D eigenvalue weighted by Gasteiger charge is 2.22. The summed E-state index contributed by atoms with van der Waals surface area (Å²) >= 11 is 5.98. The summed E-state index contributed by atoms with van der Waals surface area (Å²) < 4.78 is 0. The zero-order valence-corrected chi connectivity index (χ0v) is 17.4. The van der Waals surface area contributed by atoms with Gasteiger partial charge in [0.15, 0.2) is 0 Å². The summed E-state index contributed by atoms with van der Waals surface area (Å²) in [7, 11) is 0. The third-order valence-corrected chi connectivity index (χ3v) is 5.33. The van der Waals surface area contributed by atoms with Gasteiger partial charge in [-0.25, -0.2) is 0 Å². The van der Waals surface area contributed by atoms with Crippen molar-refractivity contribution in [3.63, 3.8) is 0 Å². The van der Waals surface area contributed by atoms with Crippen LogP contribution >= 0.6 is 11.6 Å². The van der Waals surface area contributed by atoms with Crippen LogP contribution in [0, 0.1) is 17.0 Å². The first-order valence-electron chi connectivity index (χ1n) is 9.66. The molecule has 1 saturated heterocycles. The lowest BCUT2D eigenvalue weighted by Crippen LogP contribution is -2.38. The molecule has 0 aliphatic carbocycles. The second-order valence-corrected chi connectivity index (χ2v) is 7.62. The molecule has 30 heavy (non-hydrogen) atoms. The Balaban J connectivity index is 1.57. The van der Waals surface area contributed by atoms with Gasteiger partial charge in [-0.05, 0) is 37.6 Å². The topological polar surface area (TPSA) is 95.8 Å². The molecule has 1 aliphatic rings. The number of hydrogen-bond acceptors (Lipinski definition) is 5. The molecular formula is C21H23ClN4O4. The molecule has 0 bridgehead atoms. The Labute approximate surface area is 179 Å². The Kier molecular flexibility index (Phi) is 7.02. The summed E-state index contributed by atoms with van der Waals surface area (Å²) in [6.07, 6.45) is 0.745. The van der Waals surface area contributed by atoms with E-state index in [4.69, 9.17) is 11.6 Å². The average Bonchev–Trinajstić information content (AvgIpc) is 2.94. The summed E-state index contributed by atoms with van der Waals surface area (Å²) in [5.74, 6) is -0.316. The van der Waals surface area contributed by atoms with Gasteiger partial charge in [-0.3, -0.25) is 24.6 Å². The molecule has 2 aromatic carbocycles. The third-order valence-electron chi connectivity index (χ3n) is 5.09. The number of carbonyl (C=O) groups is 2. The first-order valence-corrected chi connectivity index (χ1v) is 10.0. The van der Waals surface area contributed by atoms with Crippen molar-refractivity contribution in [1.29, 1.82) is 0 Å². The standard InChI is InChI=1S/C21H23ClN4O4/c1-15-18(7-3-8-19(15)26(29)30)23-20(27)14-24-9-4-10-25(12-11-24)21(28)16-5-2-6-17(22)13-16/h2-3,5-8,13H,4,9-12,14H2,1H3,(H,23,27). The molecule has 8 nitrogen and oxygen atoms in total. The Morgan fingerprint density at radius 3 is 2.63 bits per heavy atom. The van der Waals surface area contributed by atoms with Crippen molar-refractivity contribution in [2.24, 2.45) is 0 Å². The first-order chi connectivity index (χ1) is 14.3. The van der Waals surface area contributed by atoms with Gasteiger partial charge >= 0.3 is 0 Å². The fraction of sp³-hybridized carbons (Fsp3) is 0.333. The molecule has 0 unspecified atom stereocenters. The van der Waals surface area contributed by atoms with E-state index in [1.165, 1.54) is 6.07 Å². The van der Waals surface area contributed by atoms with Crippen molar-refractivity contribution in [3.8, 4) is 0 Å². The predicted molar refractivity (Wildman–Crippen MR) is 115 cm³/mol. The Morgan fingerprint density at radius 1 is 1.13 bits per heavy atom. The van der Waals surface area contributed by atoms with E-state index >= 15 is 0 Å². The largest absolute Gasteiger partial charge is 0.337 e. The summed E-state index contributed by atoms with van der Waals surface area (Å²) in [6.45, 7) is 4.12. The van der Waals surface area contributed by atoms with Gasteiger partial charge in [0.05, 0.1) is 22.7 Å². The van der Waals surface area contributed by atoms with Crippen LogP contribution in [0.4, 0.5) is 11.4 Å². The lowest BCUT2D eigenvalue weighted by atomic mass is 10.1. The SMILES string of the molecule is Cc1c(NC(=O)CN2CCCN(C(=O)c3cccc(Cl)c3)CC2)cccc1[N+](=O)[O-]. The van der Waals surface area contributed by atoms with E-state index in [1.54, 1.807) is 48.2 Å². The Morgan fingerprint density at radius 2 is 1.90 bits per heavy atom. The van der Waals surface area contributed by atoms with Crippen LogP contribution in [0.15, 0.2) is 42.5 Å². The van der Waals surface area contributed by atoms with Gasteiger partial charge in [0.25, 0.3) is 11.6 Å². The van der Waals surface area contributed by atoms with E-state index in [0.29, 0.717) is 48.0 Å². The number of rotatable bonds is 5. The first kappa shape index (κ1) is 21.7. The van der Waals surface area contributed by atoms with Crippen molar-refractivity contribution in [2.45, 2.75) is 13.3 Å². The second kappa shape index (κ2) is 9.69. The lowest BCUT2D eigenvalue weighted by Gasteiger charge is -2.22. The van der Waals surface area contributed by atoms with E-state index < -0.39 is 4.92 Å². The highest BCUT2D eigenvalue weighted by molar-refractivity contribution is 6.30. The fourth-order valence-corrected chi connectivity index (χ4v) is 3.68. The van der Waals surface area contributed by atoms with Gasteiger partial charge in [-0.2, -0.15) is 0 Å². The highest BCUT2D eigenvalue weighted by atomic mass is 35.5. The van der Waals surface area contributed by atoms with Crippen molar-refractivity contribution in [1.82, 2.24) is 9.80 Å². The molecule has 1 heterocycles. The molecule has 0 aromatic heterocycles. The minimum absolute atomic E-state index is 0.0299. The predicted octanol–water partition coefficient (Wildman–Crippen LogP) is 3.34. The van der Waals surface area contributed by atoms with Crippen LogP contribution in [0.2, 0.25) is 5.02 Å². The van der Waals surface area contributed by atoms with E-state index in [9.17, 15) is 19.7 Å². The van der Waals surface area contributed by atoms with Crippen LogP contribution in [0.25, 0.3) is 0 Å².